The maximum absolute atomic E-state index is 12.2. The quantitative estimate of drug-likeness (QED) is 0.791. The number of anilines is 1. The Bertz CT molecular complexity index is 762. The number of allylic oxidation sites excluding steroid dienone is 3. The predicted molar refractivity (Wildman–Crippen MR) is 84.0 cm³/mol. The van der Waals surface area contributed by atoms with Gasteiger partial charge in [-0.2, -0.15) is 0 Å². The second-order valence-corrected chi connectivity index (χ2v) is 5.55. The zero-order valence-corrected chi connectivity index (χ0v) is 12.6. The number of aromatic nitrogens is 1. The third-order valence-corrected chi connectivity index (χ3v) is 3.88. The highest BCUT2D eigenvalue weighted by Crippen LogP contribution is 2.31. The molecule has 3 rings (SSSR count). The van der Waals surface area contributed by atoms with E-state index in [2.05, 4.69) is 16.3 Å². The third kappa shape index (κ3) is 3.62. The number of halogens is 3. The lowest BCUT2D eigenvalue weighted by atomic mass is 10.1. The van der Waals surface area contributed by atoms with Crippen molar-refractivity contribution in [2.45, 2.75) is 6.36 Å². The van der Waals surface area contributed by atoms with Crippen molar-refractivity contribution in [3.05, 3.63) is 71.5 Å². The number of rotatable bonds is 3. The summed E-state index contributed by atoms with van der Waals surface area (Å²) >= 11 is 1.50. The van der Waals surface area contributed by atoms with Crippen LogP contribution in [-0.4, -0.2) is 11.3 Å². The minimum absolute atomic E-state index is 0.261. The second kappa shape index (κ2) is 5.92. The van der Waals surface area contributed by atoms with Crippen molar-refractivity contribution in [1.82, 2.24) is 4.98 Å². The van der Waals surface area contributed by atoms with Gasteiger partial charge in [-0.25, -0.2) is 4.98 Å². The van der Waals surface area contributed by atoms with Crippen molar-refractivity contribution in [2.24, 2.45) is 0 Å². The summed E-state index contributed by atoms with van der Waals surface area (Å²) in [7, 11) is 0. The summed E-state index contributed by atoms with van der Waals surface area (Å²) < 4.78 is 40.5. The summed E-state index contributed by atoms with van der Waals surface area (Å²) in [4.78, 5) is 6.03. The largest absolute Gasteiger partial charge is 0.573 e. The van der Waals surface area contributed by atoms with Crippen LogP contribution in [0.25, 0.3) is 5.57 Å². The van der Waals surface area contributed by atoms with E-state index in [0.717, 1.165) is 10.6 Å². The van der Waals surface area contributed by atoms with E-state index in [1.54, 1.807) is 23.2 Å². The first-order chi connectivity index (χ1) is 10.9. The molecule has 0 aliphatic carbocycles. The molecule has 1 aliphatic heterocycles. The Labute approximate surface area is 134 Å². The fourth-order valence-corrected chi connectivity index (χ4v) is 2.70. The Kier molecular flexibility index (Phi) is 3.96. The number of ether oxygens (including phenoxy) is 1. The van der Waals surface area contributed by atoms with E-state index in [-0.39, 0.29) is 5.75 Å². The van der Waals surface area contributed by atoms with Gasteiger partial charge in [0.2, 0.25) is 0 Å². The highest BCUT2D eigenvalue weighted by molar-refractivity contribution is 7.10. The number of hydrogen-bond donors (Lipinski definition) is 0. The first kappa shape index (κ1) is 15.4. The molecule has 2 aromatic rings. The lowest BCUT2D eigenvalue weighted by Crippen LogP contribution is -2.18. The van der Waals surface area contributed by atoms with E-state index < -0.39 is 6.36 Å². The molecule has 0 saturated carbocycles. The molecule has 0 radical (unpaired) electrons. The van der Waals surface area contributed by atoms with Gasteiger partial charge in [-0.05, 0) is 36.4 Å². The van der Waals surface area contributed by atoms with Crippen LogP contribution in [0.4, 0.5) is 18.9 Å². The van der Waals surface area contributed by atoms with Gasteiger partial charge in [-0.15, -0.1) is 24.5 Å². The van der Waals surface area contributed by atoms with Gasteiger partial charge in [0.1, 0.15) is 10.8 Å². The van der Waals surface area contributed by atoms with Crippen LogP contribution >= 0.6 is 11.3 Å². The molecule has 1 aromatic heterocycles. The average molecular weight is 336 g/mol. The van der Waals surface area contributed by atoms with E-state index in [1.807, 2.05) is 23.7 Å². The highest BCUT2D eigenvalue weighted by Gasteiger charge is 2.31. The summed E-state index contributed by atoms with van der Waals surface area (Å²) in [6.45, 7) is 3.94. The molecule has 3 nitrogen and oxygen atoms in total. The lowest BCUT2D eigenvalue weighted by Gasteiger charge is -2.25. The van der Waals surface area contributed by atoms with E-state index in [4.69, 9.17) is 0 Å². The standard InChI is InChI=1S/C16H11F3N2OS/c1-11-2-3-12(15-20-8-9-23-15)10-21(11)13-4-6-14(7-5-13)22-16(17,18)19/h2-10H,1H2. The molecule has 0 bridgehead atoms. The third-order valence-electron chi connectivity index (χ3n) is 3.06. The molecule has 2 heterocycles. The zero-order chi connectivity index (χ0) is 16.4. The number of thiazole rings is 1. The van der Waals surface area contributed by atoms with Crippen LogP contribution in [0.15, 0.2) is 66.5 Å². The molecule has 0 fully saturated rings. The molecular weight excluding hydrogens is 325 g/mol. The van der Waals surface area contributed by atoms with Crippen molar-refractivity contribution < 1.29 is 17.9 Å². The van der Waals surface area contributed by atoms with Crippen LogP contribution < -0.4 is 9.64 Å². The summed E-state index contributed by atoms with van der Waals surface area (Å²) in [6.07, 6.45) is 2.60. The summed E-state index contributed by atoms with van der Waals surface area (Å²) in [5, 5.41) is 2.73. The molecule has 1 aliphatic rings. The van der Waals surface area contributed by atoms with E-state index in [1.165, 1.54) is 23.5 Å². The van der Waals surface area contributed by atoms with Crippen LogP contribution in [0.2, 0.25) is 0 Å². The molecule has 23 heavy (non-hydrogen) atoms. The Morgan fingerprint density at radius 1 is 1.13 bits per heavy atom. The van der Waals surface area contributed by atoms with E-state index in [9.17, 15) is 13.2 Å². The van der Waals surface area contributed by atoms with E-state index >= 15 is 0 Å². The number of alkyl halides is 3. The van der Waals surface area contributed by atoms with Crippen molar-refractivity contribution in [3.63, 3.8) is 0 Å². The Balaban J connectivity index is 1.85. The van der Waals surface area contributed by atoms with Gasteiger partial charge in [-0.1, -0.05) is 6.58 Å². The van der Waals surface area contributed by atoms with Gasteiger partial charge in [0.25, 0.3) is 0 Å². The average Bonchev–Trinajstić information content (AvgIpc) is 3.01. The fraction of sp³-hybridized carbons (Fsp3) is 0.0625. The Morgan fingerprint density at radius 3 is 2.48 bits per heavy atom. The fourth-order valence-electron chi connectivity index (χ4n) is 2.07. The molecule has 0 amide bonds. The van der Waals surface area contributed by atoms with Crippen molar-refractivity contribution >= 4 is 22.6 Å². The minimum Gasteiger partial charge on any atom is -0.406 e. The predicted octanol–water partition coefficient (Wildman–Crippen LogP) is 4.97. The Hall–Kier alpha value is -2.54. The topological polar surface area (TPSA) is 25.4 Å². The lowest BCUT2D eigenvalue weighted by molar-refractivity contribution is -0.274. The molecule has 1 aromatic carbocycles. The first-order valence-corrected chi connectivity index (χ1v) is 7.44. The summed E-state index contributed by atoms with van der Waals surface area (Å²) in [5.41, 5.74) is 2.29. The SMILES string of the molecule is C=C1C=CC(c2nccs2)=CN1c1ccc(OC(F)(F)F)cc1. The van der Waals surface area contributed by atoms with Crippen LogP contribution in [0.3, 0.4) is 0 Å². The van der Waals surface area contributed by atoms with Crippen molar-refractivity contribution in [1.29, 1.82) is 0 Å². The smallest absolute Gasteiger partial charge is 0.406 e. The van der Waals surface area contributed by atoms with Gasteiger partial charge in [-0.3, -0.25) is 0 Å². The molecular formula is C16H11F3N2OS. The summed E-state index contributed by atoms with van der Waals surface area (Å²) in [5.74, 6) is -0.261. The van der Waals surface area contributed by atoms with Crippen LogP contribution in [-0.2, 0) is 0 Å². The van der Waals surface area contributed by atoms with E-state index in [0.29, 0.717) is 11.4 Å². The number of nitrogens with zero attached hydrogens (tertiary/aromatic N) is 2. The van der Waals surface area contributed by atoms with Gasteiger partial charge in [0.05, 0.1) is 0 Å². The Morgan fingerprint density at radius 2 is 1.87 bits per heavy atom. The maximum atomic E-state index is 12.2. The van der Waals surface area contributed by atoms with Gasteiger partial charge in [0, 0.05) is 34.7 Å². The number of hydrogen-bond acceptors (Lipinski definition) is 4. The highest BCUT2D eigenvalue weighted by atomic mass is 32.1. The molecule has 0 spiro atoms. The van der Waals surface area contributed by atoms with Gasteiger partial charge >= 0.3 is 6.36 Å². The molecule has 0 N–H and O–H groups in total. The second-order valence-electron chi connectivity index (χ2n) is 4.66. The maximum Gasteiger partial charge on any atom is 0.573 e. The first-order valence-electron chi connectivity index (χ1n) is 6.56. The minimum atomic E-state index is -4.70. The number of benzene rings is 1. The zero-order valence-electron chi connectivity index (χ0n) is 11.7. The normalized spacial score (nSPS) is 14.8. The van der Waals surface area contributed by atoms with Crippen molar-refractivity contribution in [2.75, 3.05) is 4.90 Å². The van der Waals surface area contributed by atoms with Gasteiger partial charge in [0.15, 0.2) is 0 Å². The van der Waals surface area contributed by atoms with Gasteiger partial charge < -0.3 is 9.64 Å². The molecule has 118 valence electrons. The summed E-state index contributed by atoms with van der Waals surface area (Å²) in [6, 6.07) is 5.62. The monoisotopic (exact) mass is 336 g/mol. The molecule has 7 heteroatoms. The molecule has 0 saturated heterocycles. The van der Waals surface area contributed by atoms with Crippen LogP contribution in [0, 0.1) is 0 Å². The van der Waals surface area contributed by atoms with Crippen LogP contribution in [0.1, 0.15) is 5.01 Å². The van der Waals surface area contributed by atoms with Crippen LogP contribution in [0.5, 0.6) is 5.75 Å². The van der Waals surface area contributed by atoms with Crippen molar-refractivity contribution in [3.8, 4) is 5.75 Å². The molecule has 0 atom stereocenters. The molecule has 0 unspecified atom stereocenters.